The molecule has 1 heterocycles. The van der Waals surface area contributed by atoms with Crippen molar-refractivity contribution in [3.8, 4) is 0 Å². The highest BCUT2D eigenvalue weighted by molar-refractivity contribution is 5.74. The van der Waals surface area contributed by atoms with Gasteiger partial charge in [-0.15, -0.1) is 0 Å². The van der Waals surface area contributed by atoms with Crippen LogP contribution >= 0.6 is 0 Å². The van der Waals surface area contributed by atoms with E-state index in [1.807, 2.05) is 0 Å². The van der Waals surface area contributed by atoms with Crippen LogP contribution in [0.1, 0.15) is 44.9 Å². The molecule has 2 fully saturated rings. The molecule has 1 aliphatic carbocycles. The molecule has 1 unspecified atom stereocenters. The first-order valence-electron chi connectivity index (χ1n) is 6.62. The van der Waals surface area contributed by atoms with Gasteiger partial charge in [-0.1, -0.05) is 12.8 Å². The fourth-order valence-electron chi connectivity index (χ4n) is 2.67. The Balaban J connectivity index is 1.52. The van der Waals surface area contributed by atoms with Crippen LogP contribution in [0.4, 0.5) is 4.79 Å². The molecule has 1 saturated carbocycles. The maximum absolute atomic E-state index is 11.5. The van der Waals surface area contributed by atoms with Crippen molar-refractivity contribution >= 4 is 6.03 Å². The van der Waals surface area contributed by atoms with Gasteiger partial charge in [0.15, 0.2) is 0 Å². The number of rotatable bonds is 4. The second-order valence-electron chi connectivity index (χ2n) is 4.96. The van der Waals surface area contributed by atoms with Gasteiger partial charge in [-0.2, -0.15) is 0 Å². The summed E-state index contributed by atoms with van der Waals surface area (Å²) in [5, 5.41) is 9.41. The molecule has 4 heteroatoms. The van der Waals surface area contributed by atoms with E-state index in [1.165, 1.54) is 25.7 Å². The highest BCUT2D eigenvalue weighted by atomic mass is 16.2. The van der Waals surface area contributed by atoms with Crippen molar-refractivity contribution in [2.45, 2.75) is 57.0 Å². The van der Waals surface area contributed by atoms with E-state index in [1.54, 1.807) is 0 Å². The summed E-state index contributed by atoms with van der Waals surface area (Å²) in [6.45, 7) is 1.93. The lowest BCUT2D eigenvalue weighted by Gasteiger charge is -2.14. The Bertz CT molecular complexity index is 220. The third kappa shape index (κ3) is 3.67. The predicted molar refractivity (Wildman–Crippen MR) is 64.4 cm³/mol. The Labute approximate surface area is 97.6 Å². The summed E-state index contributed by atoms with van der Waals surface area (Å²) in [5.74, 6) is 0. The van der Waals surface area contributed by atoms with E-state index >= 15 is 0 Å². The number of amides is 2. The number of carbonyl (C=O) groups is 1. The van der Waals surface area contributed by atoms with Gasteiger partial charge in [0.1, 0.15) is 0 Å². The minimum Gasteiger partial charge on any atom is -0.338 e. The molecule has 0 aromatic heterocycles. The number of hydrogen-bond acceptors (Lipinski definition) is 2. The van der Waals surface area contributed by atoms with Crippen LogP contribution in [-0.2, 0) is 0 Å². The monoisotopic (exact) mass is 225 g/mol. The summed E-state index contributed by atoms with van der Waals surface area (Å²) >= 11 is 0. The van der Waals surface area contributed by atoms with Gasteiger partial charge in [0.2, 0.25) is 0 Å². The van der Waals surface area contributed by atoms with Gasteiger partial charge in [0, 0.05) is 18.6 Å². The zero-order valence-corrected chi connectivity index (χ0v) is 9.93. The first kappa shape index (κ1) is 11.7. The van der Waals surface area contributed by atoms with Gasteiger partial charge in [-0.05, 0) is 38.6 Å². The zero-order valence-electron chi connectivity index (χ0n) is 9.93. The average molecular weight is 225 g/mol. The fraction of sp³-hybridized carbons (Fsp3) is 0.917. The van der Waals surface area contributed by atoms with Crippen molar-refractivity contribution in [2.75, 3.05) is 13.1 Å². The lowest BCUT2D eigenvalue weighted by atomic mass is 10.1. The van der Waals surface area contributed by atoms with E-state index in [0.29, 0.717) is 12.1 Å². The molecule has 1 aliphatic heterocycles. The summed E-state index contributed by atoms with van der Waals surface area (Å²) in [6.07, 6.45) is 8.41. The van der Waals surface area contributed by atoms with E-state index in [0.717, 1.165) is 32.4 Å². The van der Waals surface area contributed by atoms with E-state index in [9.17, 15) is 4.79 Å². The number of nitrogens with one attached hydrogen (secondary N) is 3. The van der Waals surface area contributed by atoms with Crippen molar-refractivity contribution in [3.05, 3.63) is 0 Å². The topological polar surface area (TPSA) is 53.2 Å². The van der Waals surface area contributed by atoms with Crippen LogP contribution in [0.3, 0.4) is 0 Å². The molecular weight excluding hydrogens is 202 g/mol. The fourth-order valence-corrected chi connectivity index (χ4v) is 2.67. The van der Waals surface area contributed by atoms with Gasteiger partial charge >= 0.3 is 6.03 Å². The van der Waals surface area contributed by atoms with Crippen LogP contribution < -0.4 is 16.0 Å². The molecule has 0 aromatic carbocycles. The van der Waals surface area contributed by atoms with Crippen LogP contribution in [0.15, 0.2) is 0 Å². The Kier molecular flexibility index (Phi) is 4.45. The second-order valence-corrected chi connectivity index (χ2v) is 4.96. The number of hydrogen-bond donors (Lipinski definition) is 3. The largest absolute Gasteiger partial charge is 0.338 e. The molecule has 1 atom stereocenters. The smallest absolute Gasteiger partial charge is 0.315 e. The first-order valence-corrected chi connectivity index (χ1v) is 6.62. The quantitative estimate of drug-likeness (QED) is 0.677. The van der Waals surface area contributed by atoms with Crippen molar-refractivity contribution in [1.29, 1.82) is 0 Å². The second kappa shape index (κ2) is 6.09. The molecule has 0 spiro atoms. The van der Waals surface area contributed by atoms with E-state index < -0.39 is 0 Å². The Morgan fingerprint density at radius 3 is 2.69 bits per heavy atom. The van der Waals surface area contributed by atoms with Crippen LogP contribution in [0, 0.1) is 0 Å². The third-order valence-corrected chi connectivity index (χ3v) is 3.63. The third-order valence-electron chi connectivity index (χ3n) is 3.63. The molecule has 0 bridgehead atoms. The predicted octanol–water partition coefficient (Wildman–Crippen LogP) is 1.37. The van der Waals surface area contributed by atoms with E-state index in [4.69, 9.17) is 0 Å². The molecule has 3 N–H and O–H groups in total. The van der Waals surface area contributed by atoms with Gasteiger partial charge in [-0.25, -0.2) is 4.79 Å². The van der Waals surface area contributed by atoms with E-state index in [-0.39, 0.29) is 6.03 Å². The molecule has 1 saturated heterocycles. The van der Waals surface area contributed by atoms with Crippen LogP contribution in [0.5, 0.6) is 0 Å². The summed E-state index contributed by atoms with van der Waals surface area (Å²) in [7, 11) is 0. The maximum atomic E-state index is 11.5. The molecule has 0 aromatic rings. The normalized spacial score (nSPS) is 25.9. The molecule has 0 radical (unpaired) electrons. The maximum Gasteiger partial charge on any atom is 0.315 e. The van der Waals surface area contributed by atoms with Crippen LogP contribution in [-0.4, -0.2) is 31.2 Å². The summed E-state index contributed by atoms with van der Waals surface area (Å²) in [6, 6.07) is 1.06. The van der Waals surface area contributed by atoms with Crippen molar-refractivity contribution in [2.24, 2.45) is 0 Å². The Morgan fingerprint density at radius 1 is 1.19 bits per heavy atom. The van der Waals surface area contributed by atoms with Crippen molar-refractivity contribution < 1.29 is 4.79 Å². The molecule has 16 heavy (non-hydrogen) atoms. The number of carbonyl (C=O) groups excluding carboxylic acids is 1. The van der Waals surface area contributed by atoms with Gasteiger partial charge in [0.05, 0.1) is 0 Å². The standard InChI is InChI=1S/C12H23N3O/c16-12(15-11-4-1-2-5-11)14-9-7-10-6-3-8-13-10/h10-11,13H,1-9H2,(H2,14,15,16). The molecular formula is C12H23N3O. The lowest BCUT2D eigenvalue weighted by Crippen LogP contribution is -2.42. The van der Waals surface area contributed by atoms with Gasteiger partial charge in [-0.3, -0.25) is 0 Å². The molecule has 2 rings (SSSR count). The lowest BCUT2D eigenvalue weighted by molar-refractivity contribution is 0.236. The van der Waals surface area contributed by atoms with Gasteiger partial charge < -0.3 is 16.0 Å². The summed E-state index contributed by atoms with van der Waals surface area (Å²) in [4.78, 5) is 11.5. The molecule has 4 nitrogen and oxygen atoms in total. The summed E-state index contributed by atoms with van der Waals surface area (Å²) in [5.41, 5.74) is 0. The minimum atomic E-state index is 0.0184. The first-order chi connectivity index (χ1) is 7.84. The average Bonchev–Trinajstić information content (AvgIpc) is 2.90. The van der Waals surface area contributed by atoms with Crippen molar-refractivity contribution in [1.82, 2.24) is 16.0 Å². The number of urea groups is 1. The van der Waals surface area contributed by atoms with Crippen LogP contribution in [0.25, 0.3) is 0 Å². The highest BCUT2D eigenvalue weighted by Crippen LogP contribution is 2.17. The molecule has 2 amide bonds. The zero-order chi connectivity index (χ0) is 11.2. The Hall–Kier alpha value is -0.770. The van der Waals surface area contributed by atoms with Crippen molar-refractivity contribution in [3.63, 3.8) is 0 Å². The highest BCUT2D eigenvalue weighted by Gasteiger charge is 2.17. The van der Waals surface area contributed by atoms with Crippen LogP contribution in [0.2, 0.25) is 0 Å². The molecule has 92 valence electrons. The minimum absolute atomic E-state index is 0.0184. The Morgan fingerprint density at radius 2 is 2.00 bits per heavy atom. The van der Waals surface area contributed by atoms with E-state index in [2.05, 4.69) is 16.0 Å². The van der Waals surface area contributed by atoms with Gasteiger partial charge in [0.25, 0.3) is 0 Å². The summed E-state index contributed by atoms with van der Waals surface area (Å²) < 4.78 is 0. The SMILES string of the molecule is O=C(NCCC1CCCN1)NC1CCCC1. The molecule has 2 aliphatic rings.